The Morgan fingerprint density at radius 1 is 1.13 bits per heavy atom. The summed E-state index contributed by atoms with van der Waals surface area (Å²) in [5.41, 5.74) is 1.49. The zero-order valence-corrected chi connectivity index (χ0v) is 17.3. The number of benzene rings is 1. The minimum Gasteiger partial charge on any atom is -0.486 e. The van der Waals surface area contributed by atoms with Gasteiger partial charge in [0.15, 0.2) is 16.6 Å². The monoisotopic (exact) mass is 438 g/mol. The molecular weight excluding hydrogens is 420 g/mol. The van der Waals surface area contributed by atoms with E-state index in [1.54, 1.807) is 24.5 Å². The highest BCUT2D eigenvalue weighted by molar-refractivity contribution is 7.22. The van der Waals surface area contributed by atoms with Gasteiger partial charge in [-0.05, 0) is 11.6 Å². The van der Waals surface area contributed by atoms with Crippen LogP contribution in [0.3, 0.4) is 0 Å². The number of nitrogens with zero attached hydrogens (tertiary/aromatic N) is 4. The number of ether oxygens (including phenoxy) is 2. The third-order valence-corrected chi connectivity index (χ3v) is 6.13. The summed E-state index contributed by atoms with van der Waals surface area (Å²) < 4.78 is 12.1. The number of fused-ring (bicyclic) bond motifs is 2. The van der Waals surface area contributed by atoms with Gasteiger partial charge in [0, 0.05) is 37.4 Å². The molecule has 9 nitrogen and oxygen atoms in total. The van der Waals surface area contributed by atoms with Crippen LogP contribution in [0.25, 0.3) is 10.2 Å². The van der Waals surface area contributed by atoms with Gasteiger partial charge in [0.1, 0.15) is 19.8 Å². The van der Waals surface area contributed by atoms with Crippen molar-refractivity contribution in [1.82, 2.24) is 14.9 Å². The van der Waals surface area contributed by atoms with Crippen molar-refractivity contribution in [3.8, 4) is 11.5 Å². The van der Waals surface area contributed by atoms with Crippen molar-refractivity contribution in [1.29, 1.82) is 0 Å². The molecule has 3 amide bonds. The number of carbonyl (C=O) groups excluding carboxylic acids is 3. The number of aromatic nitrogens is 2. The highest BCUT2D eigenvalue weighted by Crippen LogP contribution is 2.39. The van der Waals surface area contributed by atoms with E-state index in [-0.39, 0.29) is 43.7 Å². The van der Waals surface area contributed by atoms with Crippen LogP contribution in [0, 0.1) is 0 Å². The molecule has 3 aromatic rings. The van der Waals surface area contributed by atoms with E-state index in [1.165, 1.54) is 16.2 Å². The van der Waals surface area contributed by atoms with Gasteiger partial charge in [-0.15, -0.1) is 0 Å². The summed E-state index contributed by atoms with van der Waals surface area (Å²) in [6.45, 7) is 0.860. The first kappa shape index (κ1) is 19.4. The molecule has 0 N–H and O–H groups in total. The van der Waals surface area contributed by atoms with Gasteiger partial charge in [-0.1, -0.05) is 17.4 Å². The highest BCUT2D eigenvalue weighted by Gasteiger charge is 2.33. The molecule has 0 radical (unpaired) electrons. The van der Waals surface area contributed by atoms with Crippen LogP contribution in [0.15, 0.2) is 36.7 Å². The first-order valence-corrected chi connectivity index (χ1v) is 10.6. The van der Waals surface area contributed by atoms with Gasteiger partial charge in [0.05, 0.1) is 16.8 Å². The molecular formula is C21H18N4O5S. The number of hydrogen-bond acceptors (Lipinski definition) is 8. The molecule has 10 heteroatoms. The Morgan fingerprint density at radius 3 is 2.58 bits per heavy atom. The molecule has 2 aromatic heterocycles. The third-order valence-electron chi connectivity index (χ3n) is 5.08. The van der Waals surface area contributed by atoms with Crippen LogP contribution in [0.4, 0.5) is 5.13 Å². The molecule has 1 fully saturated rings. The van der Waals surface area contributed by atoms with E-state index in [4.69, 9.17) is 9.47 Å². The molecule has 4 heterocycles. The predicted octanol–water partition coefficient (Wildman–Crippen LogP) is 2.14. The minimum atomic E-state index is -0.385. The Hall–Kier alpha value is -3.53. The summed E-state index contributed by atoms with van der Waals surface area (Å²) in [7, 11) is 0. The van der Waals surface area contributed by atoms with E-state index in [0.717, 1.165) is 15.2 Å². The number of amides is 3. The maximum Gasteiger partial charge on any atom is 0.249 e. The second-order valence-electron chi connectivity index (χ2n) is 7.17. The van der Waals surface area contributed by atoms with Gasteiger partial charge >= 0.3 is 0 Å². The molecule has 158 valence electrons. The lowest BCUT2D eigenvalue weighted by Gasteiger charge is -2.22. The lowest BCUT2D eigenvalue weighted by Crippen LogP contribution is -2.42. The summed E-state index contributed by atoms with van der Waals surface area (Å²) in [6.07, 6.45) is 3.60. The predicted molar refractivity (Wildman–Crippen MR) is 112 cm³/mol. The van der Waals surface area contributed by atoms with Gasteiger partial charge in [0.25, 0.3) is 0 Å². The number of likely N-dealkylation sites (tertiary alicyclic amines) is 1. The van der Waals surface area contributed by atoms with Crippen LogP contribution in [-0.4, -0.2) is 52.3 Å². The van der Waals surface area contributed by atoms with Crippen LogP contribution in [-0.2, 0) is 20.9 Å². The van der Waals surface area contributed by atoms with Crippen LogP contribution < -0.4 is 14.4 Å². The summed E-state index contributed by atoms with van der Waals surface area (Å²) in [4.78, 5) is 48.5. The van der Waals surface area contributed by atoms with Crippen molar-refractivity contribution in [3.05, 3.63) is 42.2 Å². The number of imide groups is 1. The van der Waals surface area contributed by atoms with Gasteiger partial charge in [-0.2, -0.15) is 0 Å². The summed E-state index contributed by atoms with van der Waals surface area (Å²) >= 11 is 1.33. The Balaban J connectivity index is 1.49. The number of pyridine rings is 1. The molecule has 0 aliphatic carbocycles. The average Bonchev–Trinajstić information content (AvgIpc) is 3.34. The Morgan fingerprint density at radius 2 is 1.87 bits per heavy atom. The minimum absolute atomic E-state index is 0.140. The fourth-order valence-electron chi connectivity index (χ4n) is 3.52. The van der Waals surface area contributed by atoms with Crippen LogP contribution in [0.1, 0.15) is 18.4 Å². The first-order chi connectivity index (χ1) is 15.1. The van der Waals surface area contributed by atoms with Crippen molar-refractivity contribution in [2.75, 3.05) is 24.7 Å². The smallest absolute Gasteiger partial charge is 0.249 e. The van der Waals surface area contributed by atoms with Gasteiger partial charge in [0.2, 0.25) is 17.7 Å². The molecule has 0 unspecified atom stereocenters. The summed E-state index contributed by atoms with van der Waals surface area (Å²) in [5.74, 6) is 0.224. The molecule has 31 heavy (non-hydrogen) atoms. The topological polar surface area (TPSA) is 102 Å². The van der Waals surface area contributed by atoms with Crippen molar-refractivity contribution in [2.45, 2.75) is 19.4 Å². The fourth-order valence-corrected chi connectivity index (χ4v) is 4.52. The maximum atomic E-state index is 13.2. The molecule has 1 saturated heterocycles. The Bertz CT molecular complexity index is 1120. The molecule has 0 spiro atoms. The normalized spacial score (nSPS) is 15.5. The van der Waals surface area contributed by atoms with Crippen molar-refractivity contribution in [3.63, 3.8) is 0 Å². The molecule has 0 saturated carbocycles. The zero-order valence-electron chi connectivity index (χ0n) is 16.4. The molecule has 2 aliphatic rings. The van der Waals surface area contributed by atoms with Crippen LogP contribution in [0.2, 0.25) is 0 Å². The van der Waals surface area contributed by atoms with E-state index < -0.39 is 0 Å². The standard InChI is InChI=1S/C21H18N4O5S/c26-18-3-4-19(27)24(18)12-20(28)25(11-13-2-1-5-22-10-13)21-23-14-8-15-16(9-17(14)31-21)30-7-6-29-15/h1-2,5,8-10H,3-4,6-7,11-12H2. The van der Waals surface area contributed by atoms with Gasteiger partial charge in [-0.3, -0.25) is 29.2 Å². The second kappa shape index (κ2) is 7.95. The maximum absolute atomic E-state index is 13.2. The van der Waals surface area contributed by atoms with Crippen molar-refractivity contribution in [2.24, 2.45) is 0 Å². The Labute approximate surface area is 181 Å². The average molecular weight is 438 g/mol. The van der Waals surface area contributed by atoms with E-state index in [9.17, 15) is 14.4 Å². The summed E-state index contributed by atoms with van der Waals surface area (Å²) in [6, 6.07) is 7.29. The molecule has 0 atom stereocenters. The van der Waals surface area contributed by atoms with Crippen molar-refractivity contribution >= 4 is 44.4 Å². The van der Waals surface area contributed by atoms with Gasteiger partial charge < -0.3 is 9.47 Å². The van der Waals surface area contributed by atoms with Gasteiger partial charge in [-0.25, -0.2) is 4.98 Å². The largest absolute Gasteiger partial charge is 0.486 e. The van der Waals surface area contributed by atoms with E-state index in [1.807, 2.05) is 12.1 Å². The third kappa shape index (κ3) is 3.81. The van der Waals surface area contributed by atoms with Crippen LogP contribution in [0.5, 0.6) is 11.5 Å². The van der Waals surface area contributed by atoms with Crippen LogP contribution >= 0.6 is 11.3 Å². The number of thiazole rings is 1. The second-order valence-corrected chi connectivity index (χ2v) is 8.18. The molecule has 1 aromatic carbocycles. The lowest BCUT2D eigenvalue weighted by atomic mass is 10.2. The zero-order chi connectivity index (χ0) is 21.4. The quantitative estimate of drug-likeness (QED) is 0.563. The number of anilines is 1. The number of rotatable bonds is 5. The van der Waals surface area contributed by atoms with Crippen molar-refractivity contribution < 1.29 is 23.9 Å². The molecule has 2 aliphatic heterocycles. The fraction of sp³-hybridized carbons (Fsp3) is 0.286. The van der Waals surface area contributed by atoms with E-state index in [2.05, 4.69) is 9.97 Å². The Kier molecular flexibility index (Phi) is 4.99. The van der Waals surface area contributed by atoms with E-state index >= 15 is 0 Å². The lowest BCUT2D eigenvalue weighted by molar-refractivity contribution is -0.141. The highest BCUT2D eigenvalue weighted by atomic mass is 32.1. The summed E-state index contributed by atoms with van der Waals surface area (Å²) in [5, 5.41) is 0.463. The molecule has 0 bridgehead atoms. The van der Waals surface area contributed by atoms with E-state index in [0.29, 0.717) is 35.4 Å². The SMILES string of the molecule is O=C1CCC(=O)N1CC(=O)N(Cc1cccnc1)c1nc2cc3c(cc2s1)OCCO3. The first-order valence-electron chi connectivity index (χ1n) is 9.81. The number of carbonyl (C=O) groups is 3. The number of hydrogen-bond donors (Lipinski definition) is 0. The molecule has 5 rings (SSSR count).